The zero-order valence-corrected chi connectivity index (χ0v) is 22.1. The maximum atomic E-state index is 9.55. The van der Waals surface area contributed by atoms with E-state index in [4.69, 9.17) is 29.0 Å². The van der Waals surface area contributed by atoms with Gasteiger partial charge in [0.1, 0.15) is 0 Å². The van der Waals surface area contributed by atoms with E-state index in [0.29, 0.717) is 12.2 Å². The highest BCUT2D eigenvalue weighted by atomic mass is 16.4. The average Bonchev–Trinajstić information content (AvgIpc) is 3.59. The lowest BCUT2D eigenvalue weighted by molar-refractivity contribution is -0.134. The summed E-state index contributed by atoms with van der Waals surface area (Å²) in [4.78, 5) is 26.8. The molecule has 0 atom stereocenters. The summed E-state index contributed by atoms with van der Waals surface area (Å²) in [6.07, 6.45) is 4.62. The first-order chi connectivity index (χ1) is 22.5. The van der Waals surface area contributed by atoms with E-state index in [1.807, 2.05) is 48.5 Å². The van der Waals surface area contributed by atoms with Crippen molar-refractivity contribution >= 4 is 33.7 Å². The van der Waals surface area contributed by atoms with E-state index in [1.165, 1.54) is 14.1 Å². The fraction of sp³-hybridized carbons (Fsp3) is 0.333. The summed E-state index contributed by atoms with van der Waals surface area (Å²) in [6.45, 7) is -6.84. The molecule has 0 saturated heterocycles. The third kappa shape index (κ3) is 13.4. The van der Waals surface area contributed by atoms with E-state index < -0.39 is 38.9 Å². The van der Waals surface area contributed by atoms with Gasteiger partial charge in [0, 0.05) is 79.7 Å². The van der Waals surface area contributed by atoms with Gasteiger partial charge in [-0.3, -0.25) is 0 Å². The van der Waals surface area contributed by atoms with Crippen molar-refractivity contribution in [1.82, 2.24) is 19.8 Å². The zero-order chi connectivity index (χ0) is 37.8. The normalized spacial score (nSPS) is 15.7. The summed E-state index contributed by atoms with van der Waals surface area (Å²) < 4.78 is 75.6. The summed E-state index contributed by atoms with van der Waals surface area (Å²) in [5.74, 6) is -2.51. The Morgan fingerprint density at radius 2 is 1.18 bits per heavy atom. The van der Waals surface area contributed by atoms with Crippen molar-refractivity contribution in [2.75, 3.05) is 47.6 Å². The minimum atomic E-state index is -2.45. The minimum absolute atomic E-state index is 0.0197. The van der Waals surface area contributed by atoms with E-state index >= 15 is 0 Å². The number of nitrogens with one attached hydrogen (secondary N) is 2. The molecule has 0 aliphatic heterocycles. The van der Waals surface area contributed by atoms with Crippen molar-refractivity contribution < 1.29 is 38.6 Å². The molecule has 0 unspecified atom stereocenters. The van der Waals surface area contributed by atoms with Crippen molar-refractivity contribution in [3.05, 3.63) is 84.2 Å². The molecule has 2 aromatic carbocycles. The molecule has 2 heterocycles. The van der Waals surface area contributed by atoms with Crippen molar-refractivity contribution in [3.8, 4) is 0 Å². The zero-order valence-electron chi connectivity index (χ0n) is 32.1. The molecule has 0 aliphatic carbocycles. The maximum absolute atomic E-state index is 9.55. The van der Waals surface area contributed by atoms with Gasteiger partial charge in [-0.15, -0.1) is 0 Å². The lowest BCUT2D eigenvalue weighted by Crippen LogP contribution is -2.14. The molecule has 9 nitrogen and oxygen atoms in total. The Labute approximate surface area is 244 Å². The number of benzene rings is 2. The van der Waals surface area contributed by atoms with Gasteiger partial charge >= 0.3 is 11.9 Å². The molecule has 0 aliphatic rings. The van der Waals surface area contributed by atoms with Crippen LogP contribution < -0.4 is 0 Å². The molecule has 212 valence electrons. The number of nitrogens with zero attached hydrogens (tertiary/aromatic N) is 2. The number of para-hydroxylation sites is 2. The fourth-order valence-electron chi connectivity index (χ4n) is 3.11. The fourth-order valence-corrected chi connectivity index (χ4v) is 3.11. The Morgan fingerprint density at radius 3 is 1.51 bits per heavy atom. The maximum Gasteiger partial charge on any atom is 0.328 e. The average molecular weight is 549 g/mol. The van der Waals surface area contributed by atoms with Gasteiger partial charge in [0.2, 0.25) is 0 Å². The lowest BCUT2D eigenvalue weighted by Gasteiger charge is -2.07. The highest BCUT2D eigenvalue weighted by molar-refractivity contribution is 5.89. The van der Waals surface area contributed by atoms with Crippen molar-refractivity contribution in [2.45, 2.75) is 19.8 Å². The number of aromatic amines is 2. The topological polar surface area (TPSA) is 133 Å². The number of likely N-dealkylation sites (N-methyl/N-ethyl adjacent to an activating group) is 2. The van der Waals surface area contributed by atoms with Crippen LogP contribution in [0.4, 0.5) is 0 Å². The number of carboxylic acid groups (broad SMARTS) is 2. The van der Waals surface area contributed by atoms with Gasteiger partial charge in [0.25, 0.3) is 0 Å². The number of hydrogen-bond acceptors (Lipinski definition) is 5. The smallest absolute Gasteiger partial charge is 0.328 e. The van der Waals surface area contributed by atoms with E-state index in [-0.39, 0.29) is 19.4 Å². The van der Waals surface area contributed by atoms with Crippen LogP contribution in [0.3, 0.4) is 0 Å². The monoisotopic (exact) mass is 548 g/mol. The van der Waals surface area contributed by atoms with E-state index in [9.17, 15) is 9.59 Å². The van der Waals surface area contributed by atoms with Crippen LogP contribution in [0.1, 0.15) is 31.8 Å². The summed E-state index contributed by atoms with van der Waals surface area (Å²) in [5, 5.41) is 25.0. The van der Waals surface area contributed by atoms with Crippen LogP contribution in [0.25, 0.3) is 21.8 Å². The molecule has 5 N–H and O–H groups in total. The highest BCUT2D eigenvalue weighted by Gasteiger charge is 2.03. The first-order valence-electron chi connectivity index (χ1n) is 16.8. The number of carboxylic acids is 2. The Morgan fingerprint density at radius 1 is 0.821 bits per heavy atom. The van der Waals surface area contributed by atoms with Crippen LogP contribution in [-0.2, 0) is 22.4 Å². The number of aromatic nitrogens is 2. The minimum Gasteiger partial charge on any atom is -0.478 e. The van der Waals surface area contributed by atoms with Crippen molar-refractivity contribution in [2.24, 2.45) is 0 Å². The van der Waals surface area contributed by atoms with Crippen LogP contribution in [0.2, 0.25) is 0 Å². The van der Waals surface area contributed by atoms with Gasteiger partial charge in [-0.05, 0) is 71.1 Å². The molecule has 0 amide bonds. The standard InChI is InChI=1S/2C12H16N2.C4H4O4.C2H6O/c2*1-14(2)8-7-10-9-13-12-6-4-3-5-11(10)12;5-3(6)1-2-4(7)8;1-2-3/h2*3-6,9,13H,7-8H2,1-2H3;1-2H,(H,5,6)(H,7,8);3H,2H2,1H3/b;;2-1+;/i2*1D3,8D2;;. The Kier molecular flexibility index (Phi) is 9.43. The molecule has 0 radical (unpaired) electrons. The first kappa shape index (κ1) is 20.0. The second kappa shape index (κ2) is 18.4. The Hall–Kier alpha value is -3.92. The predicted octanol–water partition coefficient (Wildman–Crippen LogP) is 4.25. The number of aliphatic carboxylic acids is 2. The number of aliphatic hydroxyl groups is 1. The largest absolute Gasteiger partial charge is 0.478 e. The second-order valence-corrected chi connectivity index (χ2v) is 7.83. The third-order valence-corrected chi connectivity index (χ3v) is 4.73. The quantitative estimate of drug-likeness (QED) is 0.208. The summed E-state index contributed by atoms with van der Waals surface area (Å²) in [5.41, 5.74) is 3.39. The van der Waals surface area contributed by atoms with Gasteiger partial charge in [0.15, 0.2) is 0 Å². The molecule has 0 saturated carbocycles. The number of H-pyrrole nitrogens is 2. The highest BCUT2D eigenvalue weighted by Crippen LogP contribution is 2.18. The lowest BCUT2D eigenvalue weighted by atomic mass is 10.1. The van der Waals surface area contributed by atoms with Crippen LogP contribution in [-0.4, -0.2) is 94.7 Å². The van der Waals surface area contributed by atoms with Crippen molar-refractivity contribution in [1.29, 1.82) is 0 Å². The van der Waals surface area contributed by atoms with Crippen LogP contribution in [0.5, 0.6) is 0 Å². The van der Waals surface area contributed by atoms with Gasteiger partial charge < -0.3 is 35.1 Å². The van der Waals surface area contributed by atoms with Gasteiger partial charge in [-0.25, -0.2) is 9.59 Å². The molecule has 0 bridgehead atoms. The number of aryl methyl sites for hydroxylation is 2. The molecule has 2 aromatic heterocycles. The predicted molar refractivity (Wildman–Crippen MR) is 158 cm³/mol. The molecular formula is C30H42N4O5. The summed E-state index contributed by atoms with van der Waals surface area (Å²) >= 11 is 0. The number of rotatable bonds is 8. The number of hydrogen-bond donors (Lipinski definition) is 5. The molecule has 4 rings (SSSR count). The second-order valence-electron chi connectivity index (χ2n) is 7.83. The van der Waals surface area contributed by atoms with Gasteiger partial charge in [-0.2, -0.15) is 0 Å². The molecular weight excluding hydrogens is 496 g/mol. The first-order valence-corrected chi connectivity index (χ1v) is 11.8. The molecule has 9 heteroatoms. The molecule has 0 fully saturated rings. The van der Waals surface area contributed by atoms with E-state index in [2.05, 4.69) is 9.97 Å². The van der Waals surface area contributed by atoms with Gasteiger partial charge in [0.05, 0.1) is 0 Å². The SMILES string of the molecule is CCO.O=C(O)/C=C/C(=O)O.[2H]C([2H])([2H])N(C)C([2H])([2H])Cc1c[nH]c2ccccc12.[2H]C([2H])([2H])N(C)C([2H])([2H])Cc1c[nH]c2ccccc12. The number of aliphatic hydroxyl groups excluding tert-OH is 1. The third-order valence-electron chi connectivity index (χ3n) is 4.73. The number of carbonyl (C=O) groups is 2. The van der Waals surface area contributed by atoms with Crippen LogP contribution in [0.15, 0.2) is 73.1 Å². The summed E-state index contributed by atoms with van der Waals surface area (Å²) in [7, 11) is 2.56. The van der Waals surface area contributed by atoms with Crippen LogP contribution in [0, 0.1) is 0 Å². The molecule has 4 aromatic rings. The Bertz CT molecular complexity index is 1550. The van der Waals surface area contributed by atoms with E-state index in [1.54, 1.807) is 19.3 Å². The molecule has 39 heavy (non-hydrogen) atoms. The number of fused-ring (bicyclic) bond motifs is 2. The van der Waals surface area contributed by atoms with E-state index in [0.717, 1.165) is 42.7 Å². The Balaban J connectivity index is 0.000000379. The van der Waals surface area contributed by atoms with Crippen LogP contribution >= 0.6 is 0 Å². The van der Waals surface area contributed by atoms with Crippen molar-refractivity contribution in [3.63, 3.8) is 0 Å². The van der Waals surface area contributed by atoms with Gasteiger partial charge in [-0.1, -0.05) is 36.4 Å². The summed E-state index contributed by atoms with van der Waals surface area (Å²) in [6, 6.07) is 15.1. The molecule has 0 spiro atoms.